The summed E-state index contributed by atoms with van der Waals surface area (Å²) >= 11 is 24.9. The number of ketones is 3. The zero-order valence-electron chi connectivity index (χ0n) is 63.0. The Hall–Kier alpha value is -2.00. The van der Waals surface area contributed by atoms with Crippen molar-refractivity contribution in [2.45, 2.75) is 182 Å². The number of thiol groups is 1. The van der Waals surface area contributed by atoms with Crippen molar-refractivity contribution in [1.82, 2.24) is 5.48 Å². The standard InChI is InChI=1S/C20H21NO2S2.2C14H18OS.C11H15NS.C9H10OS.C5H9Br.C3H6N2O2S.CH2O3.ClH.2K.H/c1-20(2)9-10-25-19-8-5-15(13-18(19)20)12-17(24)11-14-3-6-16(7-4-14)21(22)23;1-10(15)8-11-4-5-13-12(9-11)14(2,3)6-7-16-13;1-11(2)8-9-16-14-6-4-13(5-7-14)10-12(3)15;1-11(2)5-6-13-10-4-3-8(12)7-9(10)11;1-7(10)6-8-2-4-9(11)5-3-8;1-5(2)3-4-6;1-6-7-5-2-4-3-8;2-1-4-3;;;;/h3-8,13H,9-12H2,1-2H3;4-5,9H,6-8H2,1-3H3;4-8H,9-10H2,1-3H3;3-4,7H,5-6,12H2,1-2H3;2-5,11H,6H2,1H3;3H,4H2,1-2H3;5H,2H2,1H3;1,3H;1H;;;/q;;;;;;;;;2*+1;-1/p-1. The molecule has 0 amide bonds. The molecule has 0 radical (unpaired) electrons. The van der Waals surface area contributed by atoms with E-state index in [4.69, 9.17) is 28.0 Å². The van der Waals surface area contributed by atoms with Crippen molar-refractivity contribution in [2.75, 3.05) is 47.9 Å². The van der Waals surface area contributed by atoms with Crippen molar-refractivity contribution < 1.29 is 148 Å². The summed E-state index contributed by atoms with van der Waals surface area (Å²) < 4.78 is 0. The maximum absolute atomic E-state index is 11.1. The van der Waals surface area contributed by atoms with Crippen LogP contribution in [0.1, 0.15) is 155 Å². The normalized spacial score (nSPS) is 13.0. The molecule has 6 aromatic carbocycles. The third-order valence-corrected chi connectivity index (χ3v) is 20.2. The summed E-state index contributed by atoms with van der Waals surface area (Å²) in [5.74, 6) is 5.26. The van der Waals surface area contributed by atoms with Crippen LogP contribution in [0.2, 0.25) is 0 Å². The molecule has 0 bridgehead atoms. The van der Waals surface area contributed by atoms with E-state index < -0.39 is 0 Å². The molecule has 6 aromatic rings. The van der Waals surface area contributed by atoms with Crippen LogP contribution in [0.25, 0.3) is 0 Å². The van der Waals surface area contributed by atoms with Crippen molar-refractivity contribution in [3.05, 3.63) is 205 Å². The molecule has 3 aliphatic heterocycles. The third-order valence-electron chi connectivity index (χ3n) is 15.0. The second-order valence-electron chi connectivity index (χ2n) is 25.6. The average Bonchev–Trinajstić information content (AvgIpc) is 0.807. The summed E-state index contributed by atoms with van der Waals surface area (Å²) in [6, 6.07) is 42.0. The van der Waals surface area contributed by atoms with Gasteiger partial charge in [0.05, 0.1) is 17.2 Å². The van der Waals surface area contributed by atoms with Crippen LogP contribution in [-0.4, -0.2) is 80.9 Å². The van der Waals surface area contributed by atoms with Gasteiger partial charge in [0.2, 0.25) is 0 Å². The van der Waals surface area contributed by atoms with Gasteiger partial charge in [-0.2, -0.15) is 0 Å². The molecule has 3 aliphatic rings. The third kappa shape index (κ3) is 43.9. The maximum Gasteiger partial charge on any atom is 1.00 e. The van der Waals surface area contributed by atoms with Gasteiger partial charge in [-0.05, 0) is 213 Å². The van der Waals surface area contributed by atoms with Gasteiger partial charge < -0.3 is 17.3 Å². The number of fused-ring (bicyclic) bond motifs is 3. The Labute approximate surface area is 741 Å². The van der Waals surface area contributed by atoms with Crippen LogP contribution in [-0.2, 0) is 82.3 Å². The molecule has 0 fully saturated rings. The minimum Gasteiger partial charge on any atom is -1.00 e. The van der Waals surface area contributed by atoms with Gasteiger partial charge in [-0.15, -0.1) is 82.6 Å². The Kier molecular flexibility index (Phi) is 56.3. The SMILES string of the molecule is CC(=O)Cc1ccc(S)cc1.CC(=O)Cc1ccc(SCC=C(C)C)cc1.CC(=O)Cc1ccc2c(c1)C(C)(C)CCS2.CC(C)=CCBr.CC1(C)CCSc2ccc(CC(=S)Cc3ccc([N+](=O)[O-])cc3)cc21.CC1(C)CCSc2ccc(N)cc21.COONCN=C=S.Cl.O=CO[O-].[H-].[K+].[K+]. The van der Waals surface area contributed by atoms with Gasteiger partial charge in [-0.25, -0.2) is 9.88 Å². The minimum absolute atomic E-state index is 0. The number of halogens is 2. The Bertz CT molecular complexity index is 3660. The maximum atomic E-state index is 11.1. The number of isothiocyanates is 1. The van der Waals surface area contributed by atoms with E-state index in [0.29, 0.717) is 31.1 Å². The zero-order valence-corrected chi connectivity index (χ0v) is 76.4. The van der Waals surface area contributed by atoms with E-state index in [-0.39, 0.29) is 169 Å². The number of carbonyl (C=O) groups excluding carboxylic acids is 4. The first kappa shape index (κ1) is 102. The molecule has 0 atom stereocenters. The predicted octanol–water partition coefficient (Wildman–Crippen LogP) is 13.6. The van der Waals surface area contributed by atoms with Crippen LogP contribution in [0.5, 0.6) is 0 Å². The van der Waals surface area contributed by atoms with Crippen LogP contribution in [0.15, 0.2) is 180 Å². The summed E-state index contributed by atoms with van der Waals surface area (Å²) in [5.41, 5.74) is 22.4. The Balaban J connectivity index is -0.00000116. The van der Waals surface area contributed by atoms with Gasteiger partial charge >= 0.3 is 103 Å². The number of Topliss-reactive ketones (excluding diaryl/α,β-unsaturated/α-hetero) is 3. The smallest absolute Gasteiger partial charge is 1.00 e. The number of nitrogens with one attached hydrogen (secondary N) is 1. The molecule has 3 heterocycles. The topological polar surface area (TPSA) is 213 Å². The number of allylic oxidation sites excluding steroid dienone is 3. The van der Waals surface area contributed by atoms with Gasteiger partial charge in [-0.1, -0.05) is 154 Å². The van der Waals surface area contributed by atoms with Crippen LogP contribution >= 0.6 is 112 Å². The summed E-state index contributed by atoms with van der Waals surface area (Å²) in [6.45, 7) is 27.1. The van der Waals surface area contributed by atoms with Gasteiger partial charge in [0.15, 0.2) is 0 Å². The number of hydroxylamine groups is 1. The van der Waals surface area contributed by atoms with E-state index in [1.54, 1.807) is 32.9 Å². The number of alkyl halides is 1. The number of carbonyl (C=O) groups is 4. The monoisotopic (exact) mass is 1660 g/mol. The van der Waals surface area contributed by atoms with Gasteiger partial charge in [-0.3, -0.25) is 29.3 Å². The molecule has 102 heavy (non-hydrogen) atoms. The van der Waals surface area contributed by atoms with Gasteiger partial charge in [0, 0.05) is 90.3 Å². The molecule has 3 N–H and O–H groups in total. The van der Waals surface area contributed by atoms with Crippen molar-refractivity contribution in [3.8, 4) is 0 Å². The van der Waals surface area contributed by atoms with E-state index >= 15 is 0 Å². The summed E-state index contributed by atoms with van der Waals surface area (Å²) in [7, 11) is 1.38. The fraction of sp³-hybridized carbons (Fsp3) is 0.403. The first-order valence-corrected chi connectivity index (χ1v) is 38.4. The van der Waals surface area contributed by atoms with E-state index in [9.17, 15) is 24.5 Å². The van der Waals surface area contributed by atoms with Crippen LogP contribution in [0.3, 0.4) is 0 Å². The van der Waals surface area contributed by atoms with Crippen molar-refractivity contribution >= 4 is 158 Å². The number of rotatable bonds is 20. The average molecular weight is 1660 g/mol. The number of thioether (sulfide) groups is 4. The fourth-order valence-corrected chi connectivity index (χ4v) is 16.2. The fourth-order valence-electron chi connectivity index (χ4n) is 9.58. The number of nitrogen functional groups attached to an aromatic ring is 1. The molecular weight excluding hydrogens is 1560 g/mol. The summed E-state index contributed by atoms with van der Waals surface area (Å²) in [4.78, 5) is 73.5. The number of nitro groups is 1. The number of nitro benzene ring substituents is 1. The van der Waals surface area contributed by atoms with Gasteiger partial charge in [0.1, 0.15) is 24.0 Å². The van der Waals surface area contributed by atoms with E-state index in [0.717, 1.165) is 55.2 Å². The molecule has 0 saturated heterocycles. The first-order chi connectivity index (χ1) is 46.8. The van der Waals surface area contributed by atoms with Crippen LogP contribution in [0, 0.1) is 10.1 Å². The van der Waals surface area contributed by atoms with E-state index in [1.165, 1.54) is 109 Å². The Morgan fingerprint density at radius 1 is 0.657 bits per heavy atom. The predicted molar refractivity (Wildman–Crippen MR) is 435 cm³/mol. The van der Waals surface area contributed by atoms with Gasteiger partial charge in [0.25, 0.3) is 12.2 Å². The number of thiocarbonyl (C=S) groups is 2. The van der Waals surface area contributed by atoms with E-state index in [1.807, 2.05) is 89.5 Å². The summed E-state index contributed by atoms with van der Waals surface area (Å²) in [6.07, 6.45) is 11.1. The number of nitrogens with zero attached hydrogens (tertiary/aromatic N) is 2. The number of aliphatic imine (C=N–C) groups is 1. The molecule has 0 aromatic heterocycles. The molecule has 25 heteroatoms. The quantitative estimate of drug-likeness (QED) is 0.00517. The molecular formula is C77H100BrClK2N4O10S7. The molecule has 0 spiro atoms. The number of anilines is 1. The molecule has 14 nitrogen and oxygen atoms in total. The van der Waals surface area contributed by atoms with Crippen LogP contribution in [0.4, 0.5) is 11.4 Å². The molecule has 546 valence electrons. The second-order valence-corrected chi connectivity index (χ2v) is 32.1. The first-order valence-electron chi connectivity index (χ1n) is 32.1. The number of hydrogen-bond acceptors (Lipinski definition) is 20. The number of non-ortho nitro benzene ring substituents is 1. The molecule has 9 rings (SSSR count). The molecule has 0 aliphatic carbocycles. The number of hydrogen-bond donors (Lipinski definition) is 3. The Morgan fingerprint density at radius 3 is 1.41 bits per heavy atom. The minimum atomic E-state index is -0.380. The zero-order chi connectivity index (χ0) is 74.1. The van der Waals surface area contributed by atoms with Crippen molar-refractivity contribution in [3.63, 3.8) is 0 Å². The molecule has 0 saturated carbocycles. The Morgan fingerprint density at radius 2 is 1.03 bits per heavy atom. The van der Waals surface area contributed by atoms with Crippen molar-refractivity contribution in [1.29, 1.82) is 0 Å². The number of benzene rings is 6. The van der Waals surface area contributed by atoms with Crippen molar-refractivity contribution in [2.24, 2.45) is 4.99 Å². The van der Waals surface area contributed by atoms with Crippen LogP contribution < -0.4 is 119 Å². The second kappa shape index (κ2) is 56.3. The summed E-state index contributed by atoms with van der Waals surface area (Å²) in [5, 5.41) is 22.3. The van der Waals surface area contributed by atoms with E-state index in [2.05, 4.69) is 213 Å². The largest absolute Gasteiger partial charge is 1.00 e. The molecule has 0 unspecified atom stereocenters. The number of nitrogens with two attached hydrogens (primary N) is 1.